The SMILES string of the molecule is COCCOc1ccc(NC(=O)c2cnccc2Cl)cc1. The Morgan fingerprint density at radius 1 is 1.24 bits per heavy atom. The molecule has 110 valence electrons. The quantitative estimate of drug-likeness (QED) is 0.833. The van der Waals surface area contributed by atoms with Crippen LogP contribution in [0.2, 0.25) is 5.02 Å². The van der Waals surface area contributed by atoms with Gasteiger partial charge in [-0.15, -0.1) is 0 Å². The summed E-state index contributed by atoms with van der Waals surface area (Å²) in [5.41, 5.74) is 0.985. The van der Waals surface area contributed by atoms with Gasteiger partial charge in [-0.25, -0.2) is 0 Å². The molecule has 0 atom stereocenters. The van der Waals surface area contributed by atoms with Crippen molar-refractivity contribution >= 4 is 23.2 Å². The fourth-order valence-electron chi connectivity index (χ4n) is 1.62. The zero-order chi connectivity index (χ0) is 15.1. The van der Waals surface area contributed by atoms with Crippen molar-refractivity contribution < 1.29 is 14.3 Å². The van der Waals surface area contributed by atoms with Gasteiger partial charge >= 0.3 is 0 Å². The molecule has 1 N–H and O–H groups in total. The lowest BCUT2D eigenvalue weighted by Crippen LogP contribution is -2.12. The summed E-state index contributed by atoms with van der Waals surface area (Å²) in [4.78, 5) is 15.9. The van der Waals surface area contributed by atoms with Gasteiger partial charge in [-0.05, 0) is 30.3 Å². The fraction of sp³-hybridized carbons (Fsp3) is 0.200. The van der Waals surface area contributed by atoms with E-state index >= 15 is 0 Å². The van der Waals surface area contributed by atoms with E-state index in [0.29, 0.717) is 35.2 Å². The maximum absolute atomic E-state index is 12.0. The number of aromatic nitrogens is 1. The predicted octanol–water partition coefficient (Wildman–Crippen LogP) is 3.01. The summed E-state index contributed by atoms with van der Waals surface area (Å²) >= 11 is 5.95. The summed E-state index contributed by atoms with van der Waals surface area (Å²) in [6, 6.07) is 8.63. The second kappa shape index (κ2) is 7.61. The number of rotatable bonds is 6. The first kappa shape index (κ1) is 15.3. The molecule has 0 saturated heterocycles. The Morgan fingerprint density at radius 3 is 2.67 bits per heavy atom. The smallest absolute Gasteiger partial charge is 0.258 e. The molecule has 0 aliphatic carbocycles. The van der Waals surface area contributed by atoms with Crippen LogP contribution in [0.15, 0.2) is 42.7 Å². The largest absolute Gasteiger partial charge is 0.491 e. The van der Waals surface area contributed by atoms with Gasteiger partial charge in [0.05, 0.1) is 17.2 Å². The van der Waals surface area contributed by atoms with Crippen LogP contribution in [0.4, 0.5) is 5.69 Å². The molecule has 0 fully saturated rings. The third-order valence-electron chi connectivity index (χ3n) is 2.68. The Morgan fingerprint density at radius 2 is 2.00 bits per heavy atom. The van der Waals surface area contributed by atoms with E-state index < -0.39 is 0 Å². The molecule has 1 heterocycles. The van der Waals surface area contributed by atoms with Gasteiger partial charge < -0.3 is 14.8 Å². The predicted molar refractivity (Wildman–Crippen MR) is 81.0 cm³/mol. The van der Waals surface area contributed by atoms with E-state index in [-0.39, 0.29) is 5.91 Å². The number of nitrogens with zero attached hydrogens (tertiary/aromatic N) is 1. The van der Waals surface area contributed by atoms with Gasteiger partial charge in [-0.1, -0.05) is 11.6 Å². The van der Waals surface area contributed by atoms with Crippen LogP contribution in [0.3, 0.4) is 0 Å². The summed E-state index contributed by atoms with van der Waals surface area (Å²) in [7, 11) is 1.62. The Bertz CT molecular complexity index is 602. The lowest BCUT2D eigenvalue weighted by molar-refractivity contribution is 0.102. The molecule has 1 amide bonds. The van der Waals surface area contributed by atoms with Crippen molar-refractivity contribution in [3.05, 3.63) is 53.3 Å². The van der Waals surface area contributed by atoms with Gasteiger partial charge in [0.25, 0.3) is 5.91 Å². The molecule has 0 saturated carbocycles. The van der Waals surface area contributed by atoms with Crippen LogP contribution in [0.5, 0.6) is 5.75 Å². The monoisotopic (exact) mass is 306 g/mol. The van der Waals surface area contributed by atoms with Crippen LogP contribution >= 0.6 is 11.6 Å². The molecule has 0 radical (unpaired) electrons. The number of pyridine rings is 1. The van der Waals surface area contributed by atoms with Crippen LogP contribution in [-0.2, 0) is 4.74 Å². The Kier molecular flexibility index (Phi) is 5.54. The van der Waals surface area contributed by atoms with E-state index in [4.69, 9.17) is 21.1 Å². The first-order valence-electron chi connectivity index (χ1n) is 6.33. The molecule has 2 rings (SSSR count). The van der Waals surface area contributed by atoms with Crippen molar-refractivity contribution in [3.63, 3.8) is 0 Å². The van der Waals surface area contributed by atoms with Crippen molar-refractivity contribution in [3.8, 4) is 5.75 Å². The van der Waals surface area contributed by atoms with E-state index in [2.05, 4.69) is 10.3 Å². The number of methoxy groups -OCH3 is 1. The lowest BCUT2D eigenvalue weighted by atomic mass is 10.2. The van der Waals surface area contributed by atoms with Crippen molar-refractivity contribution in [2.24, 2.45) is 0 Å². The Hall–Kier alpha value is -2.11. The number of nitrogens with one attached hydrogen (secondary N) is 1. The average molecular weight is 307 g/mol. The van der Waals surface area contributed by atoms with Crippen LogP contribution in [-0.4, -0.2) is 31.2 Å². The summed E-state index contributed by atoms with van der Waals surface area (Å²) in [6.45, 7) is 1.01. The molecule has 21 heavy (non-hydrogen) atoms. The summed E-state index contributed by atoms with van der Waals surface area (Å²) < 4.78 is 10.3. The standard InChI is InChI=1S/C15H15ClN2O3/c1-20-8-9-21-12-4-2-11(3-5-12)18-15(19)13-10-17-7-6-14(13)16/h2-7,10H,8-9H2,1H3,(H,18,19). The number of carbonyl (C=O) groups excluding carboxylic acids is 1. The number of carbonyl (C=O) groups is 1. The number of amides is 1. The zero-order valence-corrected chi connectivity index (χ0v) is 12.3. The van der Waals surface area contributed by atoms with Gasteiger partial charge in [0.1, 0.15) is 12.4 Å². The maximum Gasteiger partial charge on any atom is 0.258 e. The maximum atomic E-state index is 12.0. The van der Waals surface area contributed by atoms with E-state index in [1.54, 1.807) is 37.4 Å². The number of benzene rings is 1. The van der Waals surface area contributed by atoms with Crippen LogP contribution in [0, 0.1) is 0 Å². The summed E-state index contributed by atoms with van der Waals surface area (Å²) in [5.74, 6) is 0.408. The molecule has 0 aliphatic rings. The third-order valence-corrected chi connectivity index (χ3v) is 3.01. The molecule has 0 spiro atoms. The van der Waals surface area contributed by atoms with Crippen molar-refractivity contribution in [1.82, 2.24) is 4.98 Å². The van der Waals surface area contributed by atoms with Crippen molar-refractivity contribution in [2.75, 3.05) is 25.6 Å². The molecule has 1 aromatic heterocycles. The average Bonchev–Trinajstić information content (AvgIpc) is 2.49. The van der Waals surface area contributed by atoms with E-state index in [1.807, 2.05) is 0 Å². The molecule has 6 heteroatoms. The molecule has 1 aromatic carbocycles. The van der Waals surface area contributed by atoms with Gasteiger partial charge in [-0.2, -0.15) is 0 Å². The molecule has 2 aromatic rings. The Labute approximate surface area is 127 Å². The minimum atomic E-state index is -0.304. The van der Waals surface area contributed by atoms with E-state index in [1.165, 1.54) is 12.4 Å². The van der Waals surface area contributed by atoms with Gasteiger partial charge in [0.2, 0.25) is 0 Å². The van der Waals surface area contributed by atoms with E-state index in [9.17, 15) is 4.79 Å². The molecule has 0 aliphatic heterocycles. The zero-order valence-electron chi connectivity index (χ0n) is 11.5. The van der Waals surface area contributed by atoms with Crippen LogP contribution in [0.1, 0.15) is 10.4 Å². The van der Waals surface area contributed by atoms with Gasteiger partial charge in [0, 0.05) is 25.2 Å². The van der Waals surface area contributed by atoms with Crippen LogP contribution in [0.25, 0.3) is 0 Å². The van der Waals surface area contributed by atoms with Crippen molar-refractivity contribution in [1.29, 1.82) is 0 Å². The highest BCUT2D eigenvalue weighted by Gasteiger charge is 2.10. The highest BCUT2D eigenvalue weighted by Crippen LogP contribution is 2.18. The number of hydrogen-bond acceptors (Lipinski definition) is 4. The highest BCUT2D eigenvalue weighted by molar-refractivity contribution is 6.34. The van der Waals surface area contributed by atoms with Crippen LogP contribution < -0.4 is 10.1 Å². The minimum Gasteiger partial charge on any atom is -0.491 e. The first-order valence-corrected chi connectivity index (χ1v) is 6.71. The third kappa shape index (κ3) is 4.44. The Balaban J connectivity index is 1.97. The number of halogens is 1. The molecular weight excluding hydrogens is 292 g/mol. The number of anilines is 1. The second-order valence-corrected chi connectivity index (χ2v) is 4.58. The topological polar surface area (TPSA) is 60.5 Å². The van der Waals surface area contributed by atoms with Gasteiger partial charge in [-0.3, -0.25) is 9.78 Å². The molecular formula is C15H15ClN2O3. The highest BCUT2D eigenvalue weighted by atomic mass is 35.5. The van der Waals surface area contributed by atoms with Gasteiger partial charge in [0.15, 0.2) is 0 Å². The second-order valence-electron chi connectivity index (χ2n) is 4.18. The number of hydrogen-bond donors (Lipinski definition) is 1. The van der Waals surface area contributed by atoms with E-state index in [0.717, 1.165) is 0 Å². The molecule has 0 bridgehead atoms. The van der Waals surface area contributed by atoms with Crippen molar-refractivity contribution in [2.45, 2.75) is 0 Å². The number of ether oxygens (including phenoxy) is 2. The summed E-state index contributed by atoms with van der Waals surface area (Å²) in [6.07, 6.45) is 2.96. The molecule has 0 unspecified atom stereocenters. The minimum absolute atomic E-state index is 0.304. The molecule has 5 nitrogen and oxygen atoms in total. The summed E-state index contributed by atoms with van der Waals surface area (Å²) in [5, 5.41) is 3.11. The fourth-order valence-corrected chi connectivity index (χ4v) is 1.81. The lowest BCUT2D eigenvalue weighted by Gasteiger charge is -2.08. The normalized spacial score (nSPS) is 10.2. The first-order chi connectivity index (χ1) is 10.2.